The number of hydrogen-bond acceptors (Lipinski definition) is 4. The Bertz CT molecular complexity index is 924. The van der Waals surface area contributed by atoms with Gasteiger partial charge in [0.05, 0.1) is 25.3 Å². The van der Waals surface area contributed by atoms with E-state index in [1.165, 1.54) is 24.8 Å². The van der Waals surface area contributed by atoms with Gasteiger partial charge in [0.15, 0.2) is 4.80 Å². The molecule has 1 amide bonds. The third kappa shape index (κ3) is 3.98. The number of amides is 1. The van der Waals surface area contributed by atoms with E-state index >= 15 is 0 Å². The average Bonchev–Trinajstić information content (AvgIpc) is 3.05. The van der Waals surface area contributed by atoms with Crippen molar-refractivity contribution in [3.05, 3.63) is 44.7 Å². The quantitative estimate of drug-likeness (QED) is 0.748. The van der Waals surface area contributed by atoms with Gasteiger partial charge in [-0.15, -0.1) is 11.3 Å². The van der Waals surface area contributed by atoms with Gasteiger partial charge in [0.1, 0.15) is 5.75 Å². The minimum atomic E-state index is -0.343. The van der Waals surface area contributed by atoms with Crippen LogP contribution in [0.5, 0.6) is 5.75 Å². The predicted molar refractivity (Wildman–Crippen MR) is 106 cm³/mol. The number of rotatable bonds is 5. The second-order valence-electron chi connectivity index (χ2n) is 7.49. The smallest absolute Gasteiger partial charge is 0.283 e. The fourth-order valence-electron chi connectivity index (χ4n) is 3.31. The maximum Gasteiger partial charge on any atom is 0.283 e. The molecule has 2 aromatic rings. The topological polar surface area (TPSA) is 52.8 Å². The van der Waals surface area contributed by atoms with Crippen LogP contribution in [0.25, 0.3) is 0 Å². The highest BCUT2D eigenvalue weighted by Gasteiger charge is 2.41. The molecule has 0 N–H and O–H groups in total. The number of aromatic nitrogens is 1. The Kier molecular flexibility index (Phi) is 5.14. The highest BCUT2D eigenvalue weighted by atomic mass is 35.5. The fourth-order valence-corrected chi connectivity index (χ4v) is 4.69. The Balaban J connectivity index is 1.71. The molecule has 1 aromatic carbocycles. The molecule has 5 nitrogen and oxygen atoms in total. The predicted octanol–water partition coefficient (Wildman–Crippen LogP) is 4.18. The van der Waals surface area contributed by atoms with Crippen molar-refractivity contribution in [2.75, 3.05) is 13.7 Å². The monoisotopic (exact) mass is 406 g/mol. The molecule has 0 bridgehead atoms. The zero-order chi connectivity index (χ0) is 19.0. The molecule has 2 aliphatic rings. The van der Waals surface area contributed by atoms with Gasteiger partial charge in [0.25, 0.3) is 5.91 Å². The molecule has 1 aliphatic heterocycles. The van der Waals surface area contributed by atoms with E-state index in [-0.39, 0.29) is 17.4 Å². The maximum absolute atomic E-state index is 12.9. The highest BCUT2D eigenvalue weighted by Crippen LogP contribution is 2.48. The van der Waals surface area contributed by atoms with E-state index in [0.29, 0.717) is 21.1 Å². The minimum absolute atomic E-state index is 0.189. The van der Waals surface area contributed by atoms with Gasteiger partial charge in [0, 0.05) is 28.1 Å². The zero-order valence-corrected chi connectivity index (χ0v) is 17.1. The number of carbonyl (C=O) groups excluding carboxylic acids is 1. The summed E-state index contributed by atoms with van der Waals surface area (Å²) in [7, 11) is 1.54. The molecule has 27 heavy (non-hydrogen) atoms. The Labute approximate surface area is 167 Å². The Hall–Kier alpha value is -1.63. The van der Waals surface area contributed by atoms with Crippen LogP contribution in [0.4, 0.5) is 0 Å². The van der Waals surface area contributed by atoms with Gasteiger partial charge < -0.3 is 14.0 Å². The average molecular weight is 407 g/mol. The summed E-state index contributed by atoms with van der Waals surface area (Å²) in [6.45, 7) is 3.80. The number of ether oxygens (including phenoxy) is 2. The van der Waals surface area contributed by atoms with E-state index in [0.717, 1.165) is 26.0 Å². The lowest BCUT2D eigenvalue weighted by atomic mass is 10.1. The molecule has 2 fully saturated rings. The van der Waals surface area contributed by atoms with Crippen LogP contribution in [-0.2, 0) is 16.7 Å². The molecular weight excluding hydrogens is 384 g/mol. The van der Waals surface area contributed by atoms with Crippen LogP contribution in [0.15, 0.2) is 29.4 Å². The molecule has 1 aromatic heterocycles. The van der Waals surface area contributed by atoms with Gasteiger partial charge in [-0.2, -0.15) is 4.99 Å². The second kappa shape index (κ2) is 7.41. The first-order valence-corrected chi connectivity index (χ1v) is 10.4. The van der Waals surface area contributed by atoms with E-state index in [4.69, 9.17) is 21.1 Å². The van der Waals surface area contributed by atoms with E-state index in [2.05, 4.69) is 22.7 Å². The summed E-state index contributed by atoms with van der Waals surface area (Å²) >= 11 is 7.67. The van der Waals surface area contributed by atoms with E-state index in [1.54, 1.807) is 29.5 Å². The third-order valence-electron chi connectivity index (χ3n) is 5.33. The van der Waals surface area contributed by atoms with Crippen LogP contribution in [0, 0.1) is 0 Å². The number of benzene rings is 1. The SMILES string of the molecule is COc1ccc(Cl)cc1C(=O)/N=c1\sc(C2(C)CC2)cn1C[C@H]1CCCO1. The number of hydrogen-bond donors (Lipinski definition) is 0. The Morgan fingerprint density at radius 1 is 1.48 bits per heavy atom. The van der Waals surface area contributed by atoms with Gasteiger partial charge in [-0.25, -0.2) is 0 Å². The maximum atomic E-state index is 12.9. The second-order valence-corrected chi connectivity index (χ2v) is 8.93. The number of carbonyl (C=O) groups is 1. The first-order chi connectivity index (χ1) is 13.0. The van der Waals surface area contributed by atoms with Crippen LogP contribution in [0.3, 0.4) is 0 Å². The molecule has 0 radical (unpaired) electrons. The summed E-state index contributed by atoms with van der Waals surface area (Å²) in [5.74, 6) is 0.134. The largest absolute Gasteiger partial charge is 0.496 e. The molecule has 1 atom stereocenters. The molecule has 1 aliphatic carbocycles. The van der Waals surface area contributed by atoms with Crippen LogP contribution < -0.4 is 9.54 Å². The Morgan fingerprint density at radius 3 is 2.96 bits per heavy atom. The molecule has 1 saturated carbocycles. The summed E-state index contributed by atoms with van der Waals surface area (Å²) in [5, 5.41) is 0.485. The standard InChI is InChI=1S/C20H23ClN2O3S/c1-20(7-8-20)17-12-23(11-14-4-3-9-26-14)19(27-17)22-18(24)15-10-13(21)5-6-16(15)25-2/h5-6,10,12,14H,3-4,7-9,11H2,1-2H3/b22-19-/t14-/m1/s1. The highest BCUT2D eigenvalue weighted by molar-refractivity contribution is 7.09. The lowest BCUT2D eigenvalue weighted by molar-refractivity contribution is 0.0948. The van der Waals surface area contributed by atoms with Crippen molar-refractivity contribution < 1.29 is 14.3 Å². The van der Waals surface area contributed by atoms with E-state index in [1.807, 2.05) is 0 Å². The summed E-state index contributed by atoms with van der Waals surface area (Å²) in [6.07, 6.45) is 6.84. The van der Waals surface area contributed by atoms with Crippen molar-refractivity contribution in [2.24, 2.45) is 4.99 Å². The lowest BCUT2D eigenvalue weighted by Gasteiger charge is -2.10. The van der Waals surface area contributed by atoms with Crippen LogP contribution in [0.2, 0.25) is 5.02 Å². The first-order valence-electron chi connectivity index (χ1n) is 9.23. The van der Waals surface area contributed by atoms with Crippen molar-refractivity contribution in [1.82, 2.24) is 4.57 Å². The molecule has 144 valence electrons. The fraction of sp³-hybridized carbons (Fsp3) is 0.500. The van der Waals surface area contributed by atoms with Crippen molar-refractivity contribution in [2.45, 2.75) is 50.7 Å². The van der Waals surface area contributed by atoms with Gasteiger partial charge in [-0.3, -0.25) is 4.79 Å². The van der Waals surface area contributed by atoms with E-state index in [9.17, 15) is 4.79 Å². The normalized spacial score (nSPS) is 21.4. The molecule has 0 unspecified atom stereocenters. The van der Waals surface area contributed by atoms with Gasteiger partial charge in [0.2, 0.25) is 0 Å². The number of thiazole rings is 1. The number of methoxy groups -OCH3 is 1. The van der Waals surface area contributed by atoms with Gasteiger partial charge in [-0.05, 0) is 43.9 Å². The number of halogens is 1. The van der Waals surface area contributed by atoms with E-state index < -0.39 is 0 Å². The lowest BCUT2D eigenvalue weighted by Crippen LogP contribution is -2.23. The number of nitrogens with zero attached hydrogens (tertiary/aromatic N) is 2. The molecule has 2 heterocycles. The zero-order valence-electron chi connectivity index (χ0n) is 15.5. The molecule has 4 rings (SSSR count). The first kappa shape index (κ1) is 18.7. The van der Waals surface area contributed by atoms with Crippen molar-refractivity contribution in [1.29, 1.82) is 0 Å². The van der Waals surface area contributed by atoms with Crippen molar-refractivity contribution in [3.8, 4) is 5.75 Å². The minimum Gasteiger partial charge on any atom is -0.496 e. The Morgan fingerprint density at radius 2 is 2.30 bits per heavy atom. The molecule has 7 heteroatoms. The molecule has 1 saturated heterocycles. The third-order valence-corrected chi connectivity index (χ3v) is 6.89. The summed E-state index contributed by atoms with van der Waals surface area (Å²) in [5.41, 5.74) is 0.606. The molecular formula is C20H23ClN2O3S. The van der Waals surface area contributed by atoms with Crippen molar-refractivity contribution in [3.63, 3.8) is 0 Å². The summed E-state index contributed by atoms with van der Waals surface area (Å²) < 4.78 is 13.2. The van der Waals surface area contributed by atoms with Crippen LogP contribution >= 0.6 is 22.9 Å². The molecule has 0 spiro atoms. The van der Waals surface area contributed by atoms with Gasteiger partial charge >= 0.3 is 0 Å². The summed E-state index contributed by atoms with van der Waals surface area (Å²) in [4.78, 5) is 19.3. The van der Waals surface area contributed by atoms with Crippen molar-refractivity contribution >= 4 is 28.8 Å². The summed E-state index contributed by atoms with van der Waals surface area (Å²) in [6, 6.07) is 5.00. The van der Waals surface area contributed by atoms with Crippen LogP contribution in [0.1, 0.15) is 47.8 Å². The van der Waals surface area contributed by atoms with Crippen LogP contribution in [-0.4, -0.2) is 30.3 Å². The van der Waals surface area contributed by atoms with Gasteiger partial charge in [-0.1, -0.05) is 18.5 Å².